The number of oxime groups is 1. The maximum atomic E-state index is 14.3. The summed E-state index contributed by atoms with van der Waals surface area (Å²) in [5.41, 5.74) is 2.84. The topological polar surface area (TPSA) is 165 Å². The molecule has 0 radical (unpaired) electrons. The number of nitrogens with one attached hydrogen (secondary N) is 1. The van der Waals surface area contributed by atoms with Gasteiger partial charge in [0.1, 0.15) is 6.04 Å². The van der Waals surface area contributed by atoms with Crippen LogP contribution in [0.5, 0.6) is 0 Å². The fraction of sp³-hybridized carbons (Fsp3) is 0.474. The van der Waals surface area contributed by atoms with Gasteiger partial charge in [-0.3, -0.25) is 9.78 Å². The van der Waals surface area contributed by atoms with E-state index in [1.165, 1.54) is 34.8 Å². The van der Waals surface area contributed by atoms with Crippen molar-refractivity contribution >= 4 is 28.2 Å². The number of hydrogen-bond acceptors (Lipinski definition) is 9. The molecule has 13 nitrogen and oxygen atoms in total. The molecule has 282 valence electrons. The summed E-state index contributed by atoms with van der Waals surface area (Å²) in [7, 11) is -2.47. The molecule has 2 unspecified atom stereocenters. The summed E-state index contributed by atoms with van der Waals surface area (Å²) < 4.78 is 34.3. The van der Waals surface area contributed by atoms with E-state index in [1.54, 1.807) is 16.9 Å². The minimum Gasteiger partial charge on any atom is -0.411 e. The third kappa shape index (κ3) is 10.6. The second-order valence-electron chi connectivity index (χ2n) is 13.7. The van der Waals surface area contributed by atoms with Crippen LogP contribution in [0, 0.1) is 11.8 Å². The normalized spacial score (nSPS) is 16.1. The van der Waals surface area contributed by atoms with Crippen LogP contribution < -0.4 is 5.32 Å². The van der Waals surface area contributed by atoms with Crippen LogP contribution in [0.2, 0.25) is 0 Å². The number of amides is 3. The Hall–Kier alpha value is -4.37. The standard InChI is InChI=1S/C38H52N6O7S/c1-6-28(4)36(44-20-19-42(38(44)47)24-31-13-10-14-32(40-31)26-51-5)37(46)41-34(21-29-11-8-7-9-12-29)35(45)25-43(23-27(2)3)52(49,50)33-17-15-30(16-18-33)22-39-48/h7-18,22,27-28,34-36,45,48H,6,19-21,23-26H2,1-5H3,(H,41,46)/b39-22+/t28?,34-,35+,36?/m0/s1. The Morgan fingerprint density at radius 3 is 2.35 bits per heavy atom. The molecular weight excluding hydrogens is 685 g/mol. The van der Waals surface area contributed by atoms with Crippen LogP contribution in [0.1, 0.15) is 56.6 Å². The lowest BCUT2D eigenvalue weighted by Gasteiger charge is -2.35. The van der Waals surface area contributed by atoms with Gasteiger partial charge in [0.2, 0.25) is 15.9 Å². The average Bonchev–Trinajstić information content (AvgIpc) is 3.47. The van der Waals surface area contributed by atoms with Crippen LogP contribution in [0.3, 0.4) is 0 Å². The molecule has 1 aliphatic heterocycles. The highest BCUT2D eigenvalue weighted by molar-refractivity contribution is 7.89. The molecule has 4 atom stereocenters. The highest BCUT2D eigenvalue weighted by atomic mass is 32.2. The molecule has 3 N–H and O–H groups in total. The van der Waals surface area contributed by atoms with Gasteiger partial charge in [-0.2, -0.15) is 4.31 Å². The maximum Gasteiger partial charge on any atom is 0.321 e. The highest BCUT2D eigenvalue weighted by Crippen LogP contribution is 2.24. The van der Waals surface area contributed by atoms with E-state index < -0.39 is 34.1 Å². The Balaban J connectivity index is 1.58. The molecule has 0 bridgehead atoms. The predicted molar refractivity (Wildman–Crippen MR) is 198 cm³/mol. The van der Waals surface area contributed by atoms with Crippen molar-refractivity contribution in [3.8, 4) is 0 Å². The number of aromatic nitrogens is 1. The molecule has 0 spiro atoms. The summed E-state index contributed by atoms with van der Waals surface area (Å²) in [6.07, 6.45) is 0.752. The SMILES string of the molecule is CCC(C)C(C(=O)N[C@@H](Cc1ccccc1)[C@H](O)CN(CC(C)C)S(=O)(=O)c1ccc(/C=N/O)cc1)N1CCN(Cc2cccc(COC)n2)C1=O. The lowest BCUT2D eigenvalue weighted by molar-refractivity contribution is -0.128. The zero-order valence-corrected chi connectivity index (χ0v) is 31.4. The first-order valence-corrected chi connectivity index (χ1v) is 19.1. The van der Waals surface area contributed by atoms with Gasteiger partial charge < -0.3 is 30.2 Å². The van der Waals surface area contributed by atoms with Crippen molar-refractivity contribution < 1.29 is 33.1 Å². The van der Waals surface area contributed by atoms with Crippen molar-refractivity contribution in [1.82, 2.24) is 24.4 Å². The molecule has 1 saturated heterocycles. The Bertz CT molecular complexity index is 1740. The Morgan fingerprint density at radius 1 is 1.02 bits per heavy atom. The number of pyridine rings is 1. The van der Waals surface area contributed by atoms with Crippen LogP contribution in [0.15, 0.2) is 82.8 Å². The van der Waals surface area contributed by atoms with Gasteiger partial charge in [-0.05, 0) is 53.6 Å². The van der Waals surface area contributed by atoms with E-state index in [-0.39, 0.29) is 48.8 Å². The summed E-state index contributed by atoms with van der Waals surface area (Å²) in [6, 6.07) is 18.9. The number of hydrogen-bond donors (Lipinski definition) is 3. The van der Waals surface area contributed by atoms with E-state index in [2.05, 4.69) is 15.5 Å². The Kier molecular flexibility index (Phi) is 14.7. The molecule has 0 saturated carbocycles. The average molecular weight is 737 g/mol. The van der Waals surface area contributed by atoms with Crippen molar-refractivity contribution in [2.75, 3.05) is 33.3 Å². The molecular formula is C38H52N6O7S. The van der Waals surface area contributed by atoms with Gasteiger partial charge in [0.15, 0.2) is 0 Å². The molecule has 4 rings (SSSR count). The monoisotopic (exact) mass is 736 g/mol. The lowest BCUT2D eigenvalue weighted by atomic mass is 9.95. The number of aliphatic hydroxyl groups is 1. The zero-order valence-electron chi connectivity index (χ0n) is 30.6. The summed E-state index contributed by atoms with van der Waals surface area (Å²) >= 11 is 0. The van der Waals surface area contributed by atoms with Crippen molar-refractivity contribution in [3.63, 3.8) is 0 Å². The van der Waals surface area contributed by atoms with E-state index in [0.29, 0.717) is 31.7 Å². The second-order valence-corrected chi connectivity index (χ2v) is 15.6. The fourth-order valence-electron chi connectivity index (χ4n) is 6.35. The molecule has 1 aliphatic rings. The van der Waals surface area contributed by atoms with E-state index in [0.717, 1.165) is 17.0 Å². The third-order valence-electron chi connectivity index (χ3n) is 9.20. The smallest absolute Gasteiger partial charge is 0.321 e. The number of methoxy groups -OCH3 is 1. The molecule has 1 aromatic heterocycles. The van der Waals surface area contributed by atoms with Crippen molar-refractivity contribution in [3.05, 3.63) is 95.3 Å². The van der Waals surface area contributed by atoms with Crippen LogP contribution in [0.4, 0.5) is 4.79 Å². The van der Waals surface area contributed by atoms with Gasteiger partial charge in [-0.25, -0.2) is 13.2 Å². The maximum absolute atomic E-state index is 14.3. The number of sulfonamides is 1. The number of ether oxygens (including phenoxy) is 1. The lowest BCUT2D eigenvalue weighted by Crippen LogP contribution is -2.57. The predicted octanol–water partition coefficient (Wildman–Crippen LogP) is 4.12. The molecule has 14 heteroatoms. The molecule has 0 aliphatic carbocycles. The Morgan fingerprint density at radius 2 is 1.71 bits per heavy atom. The summed E-state index contributed by atoms with van der Waals surface area (Å²) in [6.45, 7) is 8.91. The molecule has 2 aromatic carbocycles. The molecule has 1 fully saturated rings. The third-order valence-corrected chi connectivity index (χ3v) is 11.0. The van der Waals surface area contributed by atoms with E-state index in [4.69, 9.17) is 9.94 Å². The number of aliphatic hydroxyl groups excluding tert-OH is 1. The van der Waals surface area contributed by atoms with Crippen LogP contribution >= 0.6 is 0 Å². The molecule has 3 amide bonds. The van der Waals surface area contributed by atoms with E-state index in [1.807, 2.05) is 76.2 Å². The molecule has 3 aromatic rings. The number of urea groups is 1. The van der Waals surface area contributed by atoms with Crippen molar-refractivity contribution in [1.29, 1.82) is 0 Å². The first-order valence-electron chi connectivity index (χ1n) is 17.7. The molecule has 52 heavy (non-hydrogen) atoms. The minimum atomic E-state index is -4.07. The number of carbonyl (C=O) groups is 2. The van der Waals surface area contributed by atoms with Crippen LogP contribution in [-0.2, 0) is 39.1 Å². The number of nitrogens with zero attached hydrogens (tertiary/aromatic N) is 5. The van der Waals surface area contributed by atoms with Gasteiger partial charge in [-0.15, -0.1) is 0 Å². The largest absolute Gasteiger partial charge is 0.411 e. The number of carbonyl (C=O) groups excluding carboxylic acids is 2. The van der Waals surface area contributed by atoms with Gasteiger partial charge in [0, 0.05) is 33.3 Å². The first kappa shape index (κ1) is 40.4. The summed E-state index contributed by atoms with van der Waals surface area (Å²) in [5, 5.41) is 26.7. The van der Waals surface area contributed by atoms with Gasteiger partial charge in [-0.1, -0.05) is 87.8 Å². The van der Waals surface area contributed by atoms with Gasteiger partial charge >= 0.3 is 6.03 Å². The summed E-state index contributed by atoms with van der Waals surface area (Å²) in [4.78, 5) is 36.0. The van der Waals surface area contributed by atoms with Crippen LogP contribution in [-0.4, -0.2) is 107 Å². The zero-order chi connectivity index (χ0) is 37.8. The van der Waals surface area contributed by atoms with Crippen molar-refractivity contribution in [2.45, 2.75) is 76.8 Å². The van der Waals surface area contributed by atoms with Crippen LogP contribution in [0.25, 0.3) is 0 Å². The minimum absolute atomic E-state index is 0.0219. The number of benzene rings is 2. The number of rotatable bonds is 19. The Labute approximate surface area is 307 Å². The van der Waals surface area contributed by atoms with Gasteiger partial charge in [0.25, 0.3) is 0 Å². The second kappa shape index (κ2) is 18.9. The van der Waals surface area contributed by atoms with Crippen molar-refractivity contribution in [2.24, 2.45) is 17.0 Å². The van der Waals surface area contributed by atoms with Gasteiger partial charge in [0.05, 0.1) is 47.8 Å². The molecule has 2 heterocycles. The fourth-order valence-corrected chi connectivity index (χ4v) is 7.97. The highest BCUT2D eigenvalue weighted by Gasteiger charge is 2.41. The van der Waals surface area contributed by atoms with E-state index in [9.17, 15) is 23.1 Å². The summed E-state index contributed by atoms with van der Waals surface area (Å²) in [5.74, 6) is -0.691. The quantitative estimate of drug-likeness (QED) is 0.0940. The van der Waals surface area contributed by atoms with E-state index >= 15 is 0 Å². The first-order chi connectivity index (χ1) is 24.9.